The number of hydrogen-bond acceptors (Lipinski definition) is 4. The molecule has 100 valence electrons. The van der Waals surface area contributed by atoms with Crippen molar-refractivity contribution in [1.82, 2.24) is 9.97 Å². The third kappa shape index (κ3) is 2.92. The number of pyridine rings is 1. The first kappa shape index (κ1) is 13.0. The molecule has 0 aliphatic heterocycles. The summed E-state index contributed by atoms with van der Waals surface area (Å²) in [4.78, 5) is 8.90. The molecule has 2 aromatic heterocycles. The Morgan fingerprint density at radius 1 is 1.05 bits per heavy atom. The van der Waals surface area contributed by atoms with Crippen molar-refractivity contribution >= 4 is 11.3 Å². The van der Waals surface area contributed by atoms with Gasteiger partial charge in [0.05, 0.1) is 10.7 Å². The molecule has 2 N–H and O–H groups in total. The lowest BCUT2D eigenvalue weighted by molar-refractivity contribution is 1.02. The predicted octanol–water partition coefficient (Wildman–Crippen LogP) is 3.25. The van der Waals surface area contributed by atoms with Crippen molar-refractivity contribution in [2.75, 3.05) is 0 Å². The summed E-state index contributed by atoms with van der Waals surface area (Å²) in [6.45, 7) is 0.522. The summed E-state index contributed by atoms with van der Waals surface area (Å²) in [5.74, 6) is 0. The topological polar surface area (TPSA) is 51.8 Å². The van der Waals surface area contributed by atoms with Crippen molar-refractivity contribution in [3.05, 3.63) is 70.3 Å². The predicted molar refractivity (Wildman–Crippen MR) is 82.5 cm³/mol. The van der Waals surface area contributed by atoms with Gasteiger partial charge < -0.3 is 5.73 Å². The van der Waals surface area contributed by atoms with E-state index in [0.29, 0.717) is 6.54 Å². The van der Waals surface area contributed by atoms with Crippen LogP contribution in [0.3, 0.4) is 0 Å². The van der Waals surface area contributed by atoms with Crippen LogP contribution in [0.25, 0.3) is 11.3 Å². The van der Waals surface area contributed by atoms with Crippen molar-refractivity contribution in [2.45, 2.75) is 13.0 Å². The molecule has 2 heterocycles. The molecule has 0 bridgehead atoms. The average Bonchev–Trinajstić information content (AvgIpc) is 2.97. The van der Waals surface area contributed by atoms with E-state index in [1.165, 1.54) is 0 Å². The summed E-state index contributed by atoms with van der Waals surface area (Å²) in [5, 5.41) is 3.20. The maximum absolute atomic E-state index is 5.64. The van der Waals surface area contributed by atoms with E-state index in [4.69, 9.17) is 10.7 Å². The quantitative estimate of drug-likeness (QED) is 0.798. The molecule has 0 saturated heterocycles. The van der Waals surface area contributed by atoms with Gasteiger partial charge >= 0.3 is 0 Å². The standard InChI is InChI=1S/C16H15N3S/c17-8-13-6-12(9-18-10-13)7-16-19-15(11-20-16)14-4-2-1-3-5-14/h1-6,9-11H,7-8,17H2. The summed E-state index contributed by atoms with van der Waals surface area (Å²) in [6.07, 6.45) is 4.49. The van der Waals surface area contributed by atoms with Crippen molar-refractivity contribution < 1.29 is 0 Å². The van der Waals surface area contributed by atoms with Crippen LogP contribution in [-0.2, 0) is 13.0 Å². The van der Waals surface area contributed by atoms with E-state index in [1.54, 1.807) is 17.5 Å². The van der Waals surface area contributed by atoms with Gasteiger partial charge in [0.15, 0.2) is 0 Å². The molecular weight excluding hydrogens is 266 g/mol. The monoisotopic (exact) mass is 281 g/mol. The Morgan fingerprint density at radius 2 is 1.85 bits per heavy atom. The summed E-state index contributed by atoms with van der Waals surface area (Å²) < 4.78 is 0. The SMILES string of the molecule is NCc1cncc(Cc2nc(-c3ccccc3)cs2)c1. The smallest absolute Gasteiger partial charge is 0.0977 e. The van der Waals surface area contributed by atoms with Gasteiger partial charge in [0.25, 0.3) is 0 Å². The molecular formula is C16H15N3S. The van der Waals surface area contributed by atoms with Crippen LogP contribution in [0.15, 0.2) is 54.2 Å². The molecule has 0 fully saturated rings. The van der Waals surface area contributed by atoms with E-state index in [-0.39, 0.29) is 0 Å². The zero-order valence-electron chi connectivity index (χ0n) is 11.0. The number of rotatable bonds is 4. The number of hydrogen-bond donors (Lipinski definition) is 1. The van der Waals surface area contributed by atoms with Gasteiger partial charge in [-0.3, -0.25) is 4.98 Å². The Hall–Kier alpha value is -2.04. The van der Waals surface area contributed by atoms with Crippen LogP contribution in [-0.4, -0.2) is 9.97 Å². The third-order valence-electron chi connectivity index (χ3n) is 3.06. The first-order valence-corrected chi connectivity index (χ1v) is 7.36. The van der Waals surface area contributed by atoms with Crippen LogP contribution in [0.5, 0.6) is 0 Å². The molecule has 0 radical (unpaired) electrons. The fourth-order valence-corrected chi connectivity index (χ4v) is 2.90. The Bertz CT molecular complexity index is 692. The van der Waals surface area contributed by atoms with Crippen molar-refractivity contribution in [2.24, 2.45) is 5.73 Å². The number of nitrogens with two attached hydrogens (primary N) is 1. The zero-order valence-corrected chi connectivity index (χ0v) is 11.8. The van der Waals surface area contributed by atoms with Crippen molar-refractivity contribution in [3.63, 3.8) is 0 Å². The second-order valence-corrected chi connectivity index (χ2v) is 5.52. The lowest BCUT2D eigenvalue weighted by atomic mass is 10.1. The Balaban J connectivity index is 1.80. The molecule has 3 aromatic rings. The highest BCUT2D eigenvalue weighted by Crippen LogP contribution is 2.23. The Labute approximate surface area is 122 Å². The van der Waals surface area contributed by atoms with Gasteiger partial charge in [0.1, 0.15) is 0 Å². The van der Waals surface area contributed by atoms with Crippen LogP contribution in [0.2, 0.25) is 0 Å². The Kier molecular flexibility index (Phi) is 3.85. The van der Waals surface area contributed by atoms with Gasteiger partial charge in [-0.25, -0.2) is 4.98 Å². The van der Waals surface area contributed by atoms with Gasteiger partial charge in [-0.15, -0.1) is 11.3 Å². The summed E-state index contributed by atoms with van der Waals surface area (Å²) in [6, 6.07) is 12.3. The fraction of sp³-hybridized carbons (Fsp3) is 0.125. The second-order valence-electron chi connectivity index (χ2n) is 4.57. The van der Waals surface area contributed by atoms with Gasteiger partial charge in [0.2, 0.25) is 0 Å². The van der Waals surface area contributed by atoms with E-state index in [1.807, 2.05) is 24.4 Å². The van der Waals surface area contributed by atoms with Gasteiger partial charge in [-0.2, -0.15) is 0 Å². The van der Waals surface area contributed by atoms with Crippen LogP contribution >= 0.6 is 11.3 Å². The molecule has 1 aromatic carbocycles. The summed E-state index contributed by atoms with van der Waals surface area (Å²) >= 11 is 1.68. The number of thiazole rings is 1. The lowest BCUT2D eigenvalue weighted by Gasteiger charge is -2.00. The minimum atomic E-state index is 0.522. The highest BCUT2D eigenvalue weighted by molar-refractivity contribution is 7.10. The van der Waals surface area contributed by atoms with Crippen LogP contribution < -0.4 is 5.73 Å². The molecule has 0 unspecified atom stereocenters. The second kappa shape index (κ2) is 5.94. The minimum Gasteiger partial charge on any atom is -0.326 e. The number of aromatic nitrogens is 2. The molecule has 0 amide bonds. The zero-order chi connectivity index (χ0) is 13.8. The van der Waals surface area contributed by atoms with Crippen molar-refractivity contribution in [1.29, 1.82) is 0 Å². The lowest BCUT2D eigenvalue weighted by Crippen LogP contribution is -1.98. The number of benzene rings is 1. The van der Waals surface area contributed by atoms with Gasteiger partial charge in [-0.1, -0.05) is 36.4 Å². The first-order valence-electron chi connectivity index (χ1n) is 6.48. The van der Waals surface area contributed by atoms with Crippen LogP contribution in [0, 0.1) is 0 Å². The normalized spacial score (nSPS) is 10.7. The molecule has 0 aliphatic rings. The fourth-order valence-electron chi connectivity index (χ4n) is 2.06. The largest absolute Gasteiger partial charge is 0.326 e. The summed E-state index contributed by atoms with van der Waals surface area (Å²) in [5.41, 5.74) is 10.0. The van der Waals surface area contributed by atoms with Crippen LogP contribution in [0.4, 0.5) is 0 Å². The Morgan fingerprint density at radius 3 is 2.65 bits per heavy atom. The minimum absolute atomic E-state index is 0.522. The first-order chi connectivity index (χ1) is 9.85. The highest BCUT2D eigenvalue weighted by Gasteiger charge is 2.05. The van der Waals surface area contributed by atoms with E-state index in [9.17, 15) is 0 Å². The molecule has 0 spiro atoms. The molecule has 3 rings (SSSR count). The molecule has 4 heteroatoms. The van der Waals surface area contributed by atoms with Gasteiger partial charge in [0, 0.05) is 36.3 Å². The van der Waals surface area contributed by atoms with Gasteiger partial charge in [-0.05, 0) is 11.1 Å². The average molecular weight is 281 g/mol. The maximum atomic E-state index is 5.64. The summed E-state index contributed by atoms with van der Waals surface area (Å²) in [7, 11) is 0. The molecule has 3 nitrogen and oxygen atoms in total. The van der Waals surface area contributed by atoms with E-state index < -0.39 is 0 Å². The molecule has 0 saturated carbocycles. The molecule has 0 aliphatic carbocycles. The number of nitrogens with zero attached hydrogens (tertiary/aromatic N) is 2. The van der Waals surface area contributed by atoms with Crippen LogP contribution in [0.1, 0.15) is 16.1 Å². The van der Waals surface area contributed by atoms with E-state index >= 15 is 0 Å². The molecule has 20 heavy (non-hydrogen) atoms. The third-order valence-corrected chi connectivity index (χ3v) is 3.91. The van der Waals surface area contributed by atoms with E-state index in [2.05, 4.69) is 28.6 Å². The highest BCUT2D eigenvalue weighted by atomic mass is 32.1. The van der Waals surface area contributed by atoms with E-state index in [0.717, 1.165) is 33.8 Å². The van der Waals surface area contributed by atoms with Crippen molar-refractivity contribution in [3.8, 4) is 11.3 Å². The maximum Gasteiger partial charge on any atom is 0.0977 e. The molecule has 0 atom stereocenters.